The number of anilines is 2. The third-order valence-electron chi connectivity index (χ3n) is 13.5. The molecular weight excluding hydrogens is 891 g/mol. The molecule has 4 aliphatic heterocycles. The molecule has 70 heavy (non-hydrogen) atoms. The standard InChI is InChI=1S/C54H69N7O9/c1-37(22-44-28-53(66-4)60-33-42-12-7-5-10-40(42)26-46(60)31-56-44)69-35-38-23-39(25-45(24-38)59(15-9-14-52(62)58-55)16-17-67-20-21-68-19-18-64-2)36-70-51-30-49-48(29-50(51)65-3)54(63)61-34-43-13-8-6-11-41(43)27-47(61)32-57-49/h5-8,10-13,22-25,29-31,46-47,53-54,57,63H,1,9,14-21,26-28,32-36,55H2,2-4H3,(H,58,62)/b44-22+/t46-,47-,53?,54?/m0/s1. The highest BCUT2D eigenvalue weighted by Gasteiger charge is 2.36. The molecule has 0 aromatic heterocycles. The number of nitrogens with two attached hydrogens (primary N) is 1. The second-order valence-corrected chi connectivity index (χ2v) is 18.1. The van der Waals surface area contributed by atoms with Gasteiger partial charge in [-0.25, -0.2) is 5.84 Å². The molecule has 0 bridgehead atoms. The van der Waals surface area contributed by atoms with Crippen LogP contribution in [-0.2, 0) is 67.6 Å². The number of carbonyl (C=O) groups is 1. The molecule has 16 nitrogen and oxygen atoms in total. The zero-order valence-electron chi connectivity index (χ0n) is 40.8. The quantitative estimate of drug-likeness (QED) is 0.0219. The second-order valence-electron chi connectivity index (χ2n) is 18.1. The van der Waals surface area contributed by atoms with Crippen LogP contribution < -0.4 is 31.0 Å². The Balaban J connectivity index is 1.01. The minimum absolute atomic E-state index is 0.110. The van der Waals surface area contributed by atoms with Crippen molar-refractivity contribution in [3.63, 3.8) is 0 Å². The Morgan fingerprint density at radius 3 is 2.29 bits per heavy atom. The number of rotatable bonds is 23. The van der Waals surface area contributed by atoms with Crippen molar-refractivity contribution >= 4 is 23.5 Å². The number of nitrogens with zero attached hydrogens (tertiary/aromatic N) is 4. The monoisotopic (exact) mass is 960 g/mol. The Morgan fingerprint density at radius 1 is 0.857 bits per heavy atom. The van der Waals surface area contributed by atoms with Crippen molar-refractivity contribution in [3.05, 3.63) is 142 Å². The average molecular weight is 960 g/mol. The molecule has 5 N–H and O–H groups in total. The van der Waals surface area contributed by atoms with Crippen LogP contribution in [0.3, 0.4) is 0 Å². The Labute approximate surface area is 411 Å². The Kier molecular flexibility index (Phi) is 17.9. The number of aliphatic imine (C=N–C) groups is 1. The van der Waals surface area contributed by atoms with Crippen LogP contribution in [0.25, 0.3) is 0 Å². The molecule has 0 fully saturated rings. The van der Waals surface area contributed by atoms with E-state index >= 15 is 0 Å². The highest BCUT2D eigenvalue weighted by atomic mass is 16.5. The van der Waals surface area contributed by atoms with Gasteiger partial charge in [0.2, 0.25) is 5.91 Å². The number of carbonyl (C=O) groups excluding carboxylic acids is 1. The SMILES string of the molecule is C=C(/C=C1\CC(OC)N2Cc3ccccc3C[C@H]2C=N1)OCc1cc(COc2cc3c(cc2OC)C(O)N2Cc4ccccc4C[C@H]2CN3)cc(N(CCCC(=O)NN)CCOCCOCCOC)c1. The topological polar surface area (TPSA) is 174 Å². The molecule has 374 valence electrons. The molecule has 0 saturated carbocycles. The first kappa shape index (κ1) is 50.6. The highest BCUT2D eigenvalue weighted by Crippen LogP contribution is 2.42. The number of allylic oxidation sites excluding steroid dienone is 1. The normalized spacial score (nSPS) is 20.1. The van der Waals surface area contributed by atoms with E-state index in [2.05, 4.69) is 98.8 Å². The van der Waals surface area contributed by atoms with Gasteiger partial charge >= 0.3 is 0 Å². The van der Waals surface area contributed by atoms with Gasteiger partial charge in [0.05, 0.1) is 46.2 Å². The Morgan fingerprint density at radius 2 is 1.56 bits per heavy atom. The molecule has 4 aliphatic rings. The van der Waals surface area contributed by atoms with Crippen molar-refractivity contribution in [1.82, 2.24) is 15.2 Å². The van der Waals surface area contributed by atoms with Crippen molar-refractivity contribution in [1.29, 1.82) is 0 Å². The molecule has 1 amide bonds. The molecule has 8 rings (SSSR count). The molecule has 4 aromatic carbocycles. The van der Waals surface area contributed by atoms with Crippen molar-refractivity contribution < 1.29 is 43.1 Å². The van der Waals surface area contributed by atoms with Crippen LogP contribution in [0.2, 0.25) is 0 Å². The summed E-state index contributed by atoms with van der Waals surface area (Å²) in [6, 6.07) is 27.3. The van der Waals surface area contributed by atoms with Gasteiger partial charge in [-0.3, -0.25) is 25.0 Å². The van der Waals surface area contributed by atoms with Gasteiger partial charge in [-0.15, -0.1) is 0 Å². The van der Waals surface area contributed by atoms with E-state index in [-0.39, 0.29) is 43.9 Å². The number of hydrazine groups is 1. The fraction of sp³-hybridized carbons (Fsp3) is 0.444. The maximum Gasteiger partial charge on any atom is 0.233 e. The fourth-order valence-electron chi connectivity index (χ4n) is 9.74. The van der Waals surface area contributed by atoms with Crippen LogP contribution in [0.4, 0.5) is 11.4 Å². The smallest absolute Gasteiger partial charge is 0.233 e. The second kappa shape index (κ2) is 24.8. The molecule has 2 unspecified atom stereocenters. The van der Waals surface area contributed by atoms with Gasteiger partial charge in [0.15, 0.2) is 11.5 Å². The predicted octanol–water partition coefficient (Wildman–Crippen LogP) is 6.16. The lowest BCUT2D eigenvalue weighted by Gasteiger charge is -2.38. The van der Waals surface area contributed by atoms with Crippen molar-refractivity contribution in [3.8, 4) is 11.5 Å². The van der Waals surface area contributed by atoms with E-state index in [1.165, 1.54) is 22.3 Å². The third-order valence-corrected chi connectivity index (χ3v) is 13.5. The summed E-state index contributed by atoms with van der Waals surface area (Å²) in [5.41, 5.74) is 12.5. The summed E-state index contributed by atoms with van der Waals surface area (Å²) in [6.07, 6.45) is 6.03. The lowest BCUT2D eigenvalue weighted by Crippen LogP contribution is -2.47. The maximum atomic E-state index is 12.2. The van der Waals surface area contributed by atoms with Gasteiger partial charge < -0.3 is 48.5 Å². The zero-order valence-corrected chi connectivity index (χ0v) is 40.8. The minimum Gasteiger partial charge on any atom is -0.493 e. The first-order valence-electron chi connectivity index (χ1n) is 24.3. The number of amides is 1. The van der Waals surface area contributed by atoms with Crippen molar-refractivity contribution in [2.24, 2.45) is 10.8 Å². The number of benzene rings is 4. The Hall–Kier alpha value is -5.82. The number of aliphatic hydroxyl groups is 1. The van der Waals surface area contributed by atoms with E-state index in [0.717, 1.165) is 53.1 Å². The maximum absolute atomic E-state index is 12.2. The van der Waals surface area contributed by atoms with Gasteiger partial charge in [0.1, 0.15) is 31.4 Å². The van der Waals surface area contributed by atoms with Crippen LogP contribution >= 0.6 is 0 Å². The third kappa shape index (κ3) is 12.9. The molecular formula is C54H69N7O9. The molecule has 0 radical (unpaired) electrons. The Bertz CT molecular complexity index is 2470. The lowest BCUT2D eigenvalue weighted by molar-refractivity contribution is -0.121. The van der Waals surface area contributed by atoms with Crippen molar-refractivity contribution in [2.75, 3.05) is 84.2 Å². The number of hydrogen-bond acceptors (Lipinski definition) is 15. The number of ether oxygens (including phenoxy) is 7. The zero-order chi connectivity index (χ0) is 48.8. The van der Waals surface area contributed by atoms with Gasteiger partial charge in [-0.2, -0.15) is 0 Å². The molecule has 4 atom stereocenters. The van der Waals surface area contributed by atoms with E-state index in [4.69, 9.17) is 44.0 Å². The molecule has 0 aliphatic carbocycles. The van der Waals surface area contributed by atoms with Crippen LogP contribution in [0.5, 0.6) is 11.5 Å². The molecule has 4 heterocycles. The average Bonchev–Trinajstić information content (AvgIpc) is 3.63. The number of methoxy groups -OCH3 is 3. The largest absolute Gasteiger partial charge is 0.493 e. The number of aliphatic hydroxyl groups excluding tert-OH is 1. The summed E-state index contributed by atoms with van der Waals surface area (Å²) in [4.78, 5) is 23.9. The van der Waals surface area contributed by atoms with Crippen LogP contribution in [0, 0.1) is 0 Å². The molecule has 4 aromatic rings. The molecule has 0 spiro atoms. The van der Waals surface area contributed by atoms with Crippen LogP contribution in [0.15, 0.2) is 108 Å². The summed E-state index contributed by atoms with van der Waals surface area (Å²) < 4.78 is 41.6. The molecule has 0 saturated heterocycles. The molecule has 16 heteroatoms. The highest BCUT2D eigenvalue weighted by molar-refractivity contribution is 5.75. The van der Waals surface area contributed by atoms with Gasteiger partial charge in [0.25, 0.3) is 0 Å². The minimum atomic E-state index is -0.833. The number of fused-ring (bicyclic) bond motifs is 5. The van der Waals surface area contributed by atoms with Crippen molar-refractivity contribution in [2.45, 2.75) is 82.9 Å². The van der Waals surface area contributed by atoms with E-state index in [9.17, 15) is 9.90 Å². The number of hydrogen-bond donors (Lipinski definition) is 4. The summed E-state index contributed by atoms with van der Waals surface area (Å²) in [7, 11) is 5.00. The summed E-state index contributed by atoms with van der Waals surface area (Å²) >= 11 is 0. The van der Waals surface area contributed by atoms with Crippen LogP contribution in [0.1, 0.15) is 64.4 Å². The van der Waals surface area contributed by atoms with E-state index in [1.807, 2.05) is 24.4 Å². The summed E-state index contributed by atoms with van der Waals surface area (Å²) in [6.45, 7) is 10.2. The fourth-order valence-corrected chi connectivity index (χ4v) is 9.74. The summed E-state index contributed by atoms with van der Waals surface area (Å²) in [5, 5.41) is 15.4. The van der Waals surface area contributed by atoms with Gasteiger partial charge in [-0.05, 0) is 76.9 Å². The van der Waals surface area contributed by atoms with Crippen LogP contribution in [-0.4, -0.2) is 119 Å². The first-order valence-corrected chi connectivity index (χ1v) is 24.3. The summed E-state index contributed by atoms with van der Waals surface area (Å²) in [5.74, 6) is 6.74. The van der Waals surface area contributed by atoms with E-state index < -0.39 is 6.23 Å². The first-order chi connectivity index (χ1) is 34.2. The lowest BCUT2D eigenvalue weighted by atomic mass is 9.93. The van der Waals surface area contributed by atoms with E-state index in [1.54, 1.807) is 21.3 Å². The number of nitrogens with one attached hydrogen (secondary N) is 2. The predicted molar refractivity (Wildman–Crippen MR) is 269 cm³/mol. The van der Waals surface area contributed by atoms with Gasteiger partial charge in [-0.1, -0.05) is 55.1 Å². The van der Waals surface area contributed by atoms with E-state index in [0.29, 0.717) is 89.3 Å². The van der Waals surface area contributed by atoms with Gasteiger partial charge in [0, 0.05) is 107 Å².